The van der Waals surface area contributed by atoms with Gasteiger partial charge in [0.1, 0.15) is 5.82 Å². The van der Waals surface area contributed by atoms with E-state index in [1.807, 2.05) is 12.1 Å². The van der Waals surface area contributed by atoms with Crippen LogP contribution in [-0.4, -0.2) is 45.9 Å². The molecule has 0 aliphatic carbocycles. The lowest BCUT2D eigenvalue weighted by molar-refractivity contribution is 0.120. The molecule has 0 spiro atoms. The zero-order valence-electron chi connectivity index (χ0n) is 13.6. The Morgan fingerprint density at radius 2 is 1.54 bits per heavy atom. The van der Waals surface area contributed by atoms with Gasteiger partial charge in [-0.2, -0.15) is 0 Å². The van der Waals surface area contributed by atoms with E-state index in [2.05, 4.69) is 72.1 Å². The van der Waals surface area contributed by atoms with Crippen molar-refractivity contribution in [2.75, 3.05) is 26.2 Å². The zero-order chi connectivity index (χ0) is 16.4. The summed E-state index contributed by atoms with van der Waals surface area (Å²) >= 11 is 3.49. The van der Waals surface area contributed by atoms with Crippen LogP contribution in [0.4, 0.5) is 0 Å². The number of para-hydroxylation sites is 2. The Bertz CT molecular complexity index is 771. The number of nitrogens with zero attached hydrogens (tertiary/aromatic N) is 3. The van der Waals surface area contributed by atoms with Crippen LogP contribution in [0, 0.1) is 0 Å². The van der Waals surface area contributed by atoms with E-state index < -0.39 is 0 Å². The number of H-pyrrole nitrogens is 1. The van der Waals surface area contributed by atoms with Gasteiger partial charge >= 0.3 is 0 Å². The Morgan fingerprint density at radius 3 is 2.25 bits per heavy atom. The Morgan fingerprint density at radius 1 is 0.875 bits per heavy atom. The molecule has 4 rings (SSSR count). The zero-order valence-corrected chi connectivity index (χ0v) is 15.2. The molecule has 4 nitrogen and oxygen atoms in total. The number of rotatable bonds is 4. The van der Waals surface area contributed by atoms with Crippen molar-refractivity contribution in [3.05, 3.63) is 64.4 Å². The highest BCUT2D eigenvalue weighted by Gasteiger charge is 2.18. The van der Waals surface area contributed by atoms with Crippen LogP contribution in [0.5, 0.6) is 0 Å². The maximum absolute atomic E-state index is 4.69. The summed E-state index contributed by atoms with van der Waals surface area (Å²) < 4.78 is 1.14. The summed E-state index contributed by atoms with van der Waals surface area (Å²) in [5.74, 6) is 1.07. The summed E-state index contributed by atoms with van der Waals surface area (Å²) in [5.41, 5.74) is 3.56. The van der Waals surface area contributed by atoms with E-state index >= 15 is 0 Å². The van der Waals surface area contributed by atoms with Gasteiger partial charge in [0, 0.05) is 37.2 Å². The molecule has 24 heavy (non-hydrogen) atoms. The molecule has 1 aliphatic rings. The van der Waals surface area contributed by atoms with Crippen molar-refractivity contribution >= 4 is 27.0 Å². The third-order valence-corrected chi connectivity index (χ3v) is 5.12. The van der Waals surface area contributed by atoms with Gasteiger partial charge in [-0.3, -0.25) is 9.80 Å². The SMILES string of the molecule is Brc1ccc(CN2CCN(Cc3nc4ccccc4[nH]3)CC2)cc1. The smallest absolute Gasteiger partial charge is 0.121 e. The number of benzene rings is 2. The predicted octanol–water partition coefficient (Wildman–Crippen LogP) is 3.64. The molecule has 2 heterocycles. The van der Waals surface area contributed by atoms with Crippen molar-refractivity contribution in [1.82, 2.24) is 19.8 Å². The predicted molar refractivity (Wildman–Crippen MR) is 101 cm³/mol. The first-order chi connectivity index (χ1) is 11.8. The van der Waals surface area contributed by atoms with Crippen LogP contribution in [0.3, 0.4) is 0 Å². The number of hydrogen-bond acceptors (Lipinski definition) is 3. The summed E-state index contributed by atoms with van der Waals surface area (Å²) in [4.78, 5) is 13.1. The highest BCUT2D eigenvalue weighted by atomic mass is 79.9. The molecule has 0 amide bonds. The minimum Gasteiger partial charge on any atom is -0.341 e. The summed E-state index contributed by atoms with van der Waals surface area (Å²) in [6.45, 7) is 6.33. The van der Waals surface area contributed by atoms with Gasteiger partial charge in [-0.25, -0.2) is 4.98 Å². The molecule has 5 heteroatoms. The number of aromatic amines is 1. The van der Waals surface area contributed by atoms with Crippen molar-refractivity contribution in [2.45, 2.75) is 13.1 Å². The van der Waals surface area contributed by atoms with Crippen molar-refractivity contribution in [3.8, 4) is 0 Å². The number of fused-ring (bicyclic) bond motifs is 1. The van der Waals surface area contributed by atoms with Crippen LogP contribution in [0.15, 0.2) is 53.0 Å². The van der Waals surface area contributed by atoms with Crippen LogP contribution in [0.1, 0.15) is 11.4 Å². The minimum atomic E-state index is 0.904. The first-order valence-corrected chi connectivity index (χ1v) is 9.18. The highest BCUT2D eigenvalue weighted by Crippen LogP contribution is 2.15. The van der Waals surface area contributed by atoms with Crippen LogP contribution in [0.25, 0.3) is 11.0 Å². The molecule has 1 aliphatic heterocycles. The summed E-state index contributed by atoms with van der Waals surface area (Å²) in [7, 11) is 0. The Balaban J connectivity index is 1.31. The fourth-order valence-electron chi connectivity index (χ4n) is 3.25. The van der Waals surface area contributed by atoms with E-state index in [-0.39, 0.29) is 0 Å². The average Bonchev–Trinajstić information content (AvgIpc) is 3.01. The third kappa shape index (κ3) is 3.69. The van der Waals surface area contributed by atoms with Crippen molar-refractivity contribution in [2.24, 2.45) is 0 Å². The third-order valence-electron chi connectivity index (χ3n) is 4.60. The lowest BCUT2D eigenvalue weighted by Gasteiger charge is -2.34. The number of nitrogens with one attached hydrogen (secondary N) is 1. The first kappa shape index (κ1) is 15.8. The lowest BCUT2D eigenvalue weighted by Crippen LogP contribution is -2.45. The molecule has 1 N–H and O–H groups in total. The first-order valence-electron chi connectivity index (χ1n) is 8.39. The fraction of sp³-hybridized carbons (Fsp3) is 0.316. The minimum absolute atomic E-state index is 0.904. The second kappa shape index (κ2) is 7.05. The van der Waals surface area contributed by atoms with Crippen LogP contribution in [0.2, 0.25) is 0 Å². The molecule has 124 valence electrons. The van der Waals surface area contributed by atoms with Crippen molar-refractivity contribution in [1.29, 1.82) is 0 Å². The molecule has 3 aromatic rings. The highest BCUT2D eigenvalue weighted by molar-refractivity contribution is 9.10. The summed E-state index contributed by atoms with van der Waals surface area (Å²) in [6.07, 6.45) is 0. The quantitative estimate of drug-likeness (QED) is 0.745. The van der Waals surface area contributed by atoms with Gasteiger partial charge in [0.2, 0.25) is 0 Å². The van der Waals surface area contributed by atoms with E-state index in [4.69, 9.17) is 0 Å². The molecule has 0 saturated carbocycles. The van der Waals surface area contributed by atoms with Crippen LogP contribution >= 0.6 is 15.9 Å². The number of aromatic nitrogens is 2. The molecule has 0 bridgehead atoms. The van der Waals surface area contributed by atoms with Crippen LogP contribution < -0.4 is 0 Å². The van der Waals surface area contributed by atoms with E-state index in [1.165, 1.54) is 5.56 Å². The molecule has 1 fully saturated rings. The van der Waals surface area contributed by atoms with Crippen LogP contribution in [-0.2, 0) is 13.1 Å². The molecule has 0 unspecified atom stereocenters. The summed E-state index contributed by atoms with van der Waals surface area (Å²) in [6, 6.07) is 16.9. The fourth-order valence-corrected chi connectivity index (χ4v) is 3.51. The van der Waals surface area contributed by atoms with Gasteiger partial charge in [-0.05, 0) is 29.8 Å². The van der Waals surface area contributed by atoms with Gasteiger partial charge in [0.15, 0.2) is 0 Å². The molecule has 1 saturated heterocycles. The van der Waals surface area contributed by atoms with E-state index in [0.29, 0.717) is 0 Å². The van der Waals surface area contributed by atoms with Gasteiger partial charge in [0.25, 0.3) is 0 Å². The van der Waals surface area contributed by atoms with Gasteiger partial charge in [-0.15, -0.1) is 0 Å². The lowest BCUT2D eigenvalue weighted by atomic mass is 10.2. The Kier molecular flexibility index (Phi) is 4.65. The molecular formula is C19H21BrN4. The molecule has 2 aromatic carbocycles. The number of piperazine rings is 1. The standard InChI is InChI=1S/C19H21BrN4/c20-16-7-5-15(6-8-16)13-23-9-11-24(12-10-23)14-19-21-17-3-1-2-4-18(17)22-19/h1-8H,9-14H2,(H,21,22). The average molecular weight is 385 g/mol. The normalized spacial score (nSPS) is 16.7. The molecule has 0 atom stereocenters. The monoisotopic (exact) mass is 384 g/mol. The van der Waals surface area contributed by atoms with Crippen molar-refractivity contribution in [3.63, 3.8) is 0 Å². The number of imidazole rings is 1. The van der Waals surface area contributed by atoms with Gasteiger partial charge in [-0.1, -0.05) is 40.2 Å². The number of halogens is 1. The Labute approximate surface area is 150 Å². The molecular weight excluding hydrogens is 364 g/mol. The topological polar surface area (TPSA) is 35.2 Å². The molecule has 1 aromatic heterocycles. The Hall–Kier alpha value is -1.69. The van der Waals surface area contributed by atoms with E-state index in [0.717, 1.165) is 60.6 Å². The van der Waals surface area contributed by atoms with Crippen molar-refractivity contribution < 1.29 is 0 Å². The molecule has 0 radical (unpaired) electrons. The van der Waals surface area contributed by atoms with Gasteiger partial charge in [0.05, 0.1) is 17.6 Å². The largest absolute Gasteiger partial charge is 0.341 e. The number of hydrogen-bond donors (Lipinski definition) is 1. The maximum Gasteiger partial charge on any atom is 0.121 e. The summed E-state index contributed by atoms with van der Waals surface area (Å²) in [5, 5.41) is 0. The van der Waals surface area contributed by atoms with E-state index in [1.54, 1.807) is 0 Å². The van der Waals surface area contributed by atoms with Gasteiger partial charge < -0.3 is 4.98 Å². The second-order valence-corrected chi connectivity index (χ2v) is 7.30. The van der Waals surface area contributed by atoms with E-state index in [9.17, 15) is 0 Å². The maximum atomic E-state index is 4.69. The second-order valence-electron chi connectivity index (χ2n) is 6.38.